The van der Waals surface area contributed by atoms with Crippen LogP contribution in [0.2, 0.25) is 0 Å². The zero-order valence-electron chi connectivity index (χ0n) is 11.6. The van der Waals surface area contributed by atoms with Crippen LogP contribution in [0.3, 0.4) is 0 Å². The summed E-state index contributed by atoms with van der Waals surface area (Å²) >= 11 is 0. The van der Waals surface area contributed by atoms with Crippen LogP contribution in [0.1, 0.15) is 31.7 Å². The lowest BCUT2D eigenvalue weighted by Gasteiger charge is -2.09. The van der Waals surface area contributed by atoms with Gasteiger partial charge in [-0.2, -0.15) is 0 Å². The predicted octanol–water partition coefficient (Wildman–Crippen LogP) is 2.45. The molecule has 1 unspecified atom stereocenters. The van der Waals surface area contributed by atoms with Crippen molar-refractivity contribution in [2.45, 2.75) is 33.1 Å². The summed E-state index contributed by atoms with van der Waals surface area (Å²) in [5.74, 6) is 0.993. The quantitative estimate of drug-likeness (QED) is 0.755. The third-order valence-corrected chi connectivity index (χ3v) is 4.22. The van der Waals surface area contributed by atoms with Crippen molar-refractivity contribution in [1.82, 2.24) is 0 Å². The van der Waals surface area contributed by atoms with Crippen molar-refractivity contribution in [3.05, 3.63) is 23.8 Å². The van der Waals surface area contributed by atoms with Crippen LogP contribution in [-0.4, -0.2) is 21.6 Å². The second kappa shape index (κ2) is 7.94. The monoisotopic (exact) mass is 282 g/mol. The topological polar surface area (TPSA) is 72.2 Å². The summed E-state index contributed by atoms with van der Waals surface area (Å²) in [5, 5.41) is 2.81. The van der Waals surface area contributed by atoms with Crippen LogP contribution >= 0.6 is 0 Å². The van der Waals surface area contributed by atoms with Crippen LogP contribution in [0.15, 0.2) is 18.2 Å². The molecule has 19 heavy (non-hydrogen) atoms. The van der Waals surface area contributed by atoms with Gasteiger partial charge in [-0.25, -0.2) is 0 Å². The molecule has 3 N–H and O–H groups in total. The highest BCUT2D eigenvalue weighted by atomic mass is 32.2. The molecular weight excluding hydrogens is 260 g/mol. The Morgan fingerprint density at radius 2 is 2.11 bits per heavy atom. The fraction of sp³-hybridized carbons (Fsp3) is 0.500. The van der Waals surface area contributed by atoms with Crippen molar-refractivity contribution in [3.8, 4) is 0 Å². The maximum absolute atomic E-state index is 11.8. The largest absolute Gasteiger partial charge is 0.399 e. The molecule has 5 heteroatoms. The highest BCUT2D eigenvalue weighted by molar-refractivity contribution is 7.84. The Morgan fingerprint density at radius 1 is 1.37 bits per heavy atom. The van der Waals surface area contributed by atoms with Gasteiger partial charge in [0.15, 0.2) is 0 Å². The Hall–Kier alpha value is -1.36. The van der Waals surface area contributed by atoms with E-state index < -0.39 is 10.8 Å². The SMILES string of the molecule is CCCCS(=O)CCC(=O)Nc1cc(N)ccc1C. The number of rotatable bonds is 7. The number of hydrogen-bond acceptors (Lipinski definition) is 3. The van der Waals surface area contributed by atoms with Crippen LogP contribution in [0.25, 0.3) is 0 Å². The van der Waals surface area contributed by atoms with Crippen LogP contribution in [0.5, 0.6) is 0 Å². The number of carbonyl (C=O) groups excluding carboxylic acids is 1. The summed E-state index contributed by atoms with van der Waals surface area (Å²) < 4.78 is 11.6. The fourth-order valence-corrected chi connectivity index (χ4v) is 2.83. The maximum Gasteiger partial charge on any atom is 0.225 e. The Morgan fingerprint density at radius 3 is 2.79 bits per heavy atom. The number of unbranched alkanes of at least 4 members (excludes halogenated alkanes) is 1. The second-order valence-electron chi connectivity index (χ2n) is 4.57. The normalized spacial score (nSPS) is 12.1. The fourth-order valence-electron chi connectivity index (χ4n) is 1.60. The zero-order chi connectivity index (χ0) is 14.3. The zero-order valence-corrected chi connectivity index (χ0v) is 12.4. The summed E-state index contributed by atoms with van der Waals surface area (Å²) in [6.45, 7) is 3.97. The number of nitrogens with one attached hydrogen (secondary N) is 1. The predicted molar refractivity (Wildman–Crippen MR) is 81.6 cm³/mol. The summed E-state index contributed by atoms with van der Waals surface area (Å²) in [5.41, 5.74) is 7.99. The van der Waals surface area contributed by atoms with Crippen molar-refractivity contribution in [2.75, 3.05) is 22.6 Å². The van der Waals surface area contributed by atoms with E-state index in [4.69, 9.17) is 5.73 Å². The summed E-state index contributed by atoms with van der Waals surface area (Å²) in [7, 11) is -0.894. The van der Waals surface area contributed by atoms with Gasteiger partial charge >= 0.3 is 0 Å². The van der Waals surface area contributed by atoms with E-state index in [1.807, 2.05) is 13.0 Å². The number of carbonyl (C=O) groups is 1. The van der Waals surface area contributed by atoms with Gasteiger partial charge in [-0.05, 0) is 31.0 Å². The number of nitrogen functional groups attached to an aromatic ring is 1. The van der Waals surface area contributed by atoms with E-state index in [2.05, 4.69) is 12.2 Å². The summed E-state index contributed by atoms with van der Waals surface area (Å²) in [6.07, 6.45) is 2.26. The second-order valence-corrected chi connectivity index (χ2v) is 6.27. The molecule has 0 aliphatic rings. The summed E-state index contributed by atoms with van der Waals surface area (Å²) in [4.78, 5) is 11.8. The molecule has 0 spiro atoms. The molecule has 1 aromatic rings. The van der Waals surface area contributed by atoms with E-state index in [0.29, 0.717) is 17.2 Å². The van der Waals surface area contributed by atoms with Crippen molar-refractivity contribution < 1.29 is 9.00 Å². The summed E-state index contributed by atoms with van der Waals surface area (Å²) in [6, 6.07) is 5.40. The smallest absolute Gasteiger partial charge is 0.225 e. The average Bonchev–Trinajstić information content (AvgIpc) is 2.38. The Balaban J connectivity index is 2.43. The number of nitrogens with two attached hydrogens (primary N) is 1. The van der Waals surface area contributed by atoms with E-state index in [1.54, 1.807) is 12.1 Å². The molecule has 0 fully saturated rings. The molecule has 4 nitrogen and oxygen atoms in total. The van der Waals surface area contributed by atoms with E-state index >= 15 is 0 Å². The minimum atomic E-state index is -0.894. The molecular formula is C14H22N2O2S. The molecule has 0 aliphatic carbocycles. The van der Waals surface area contributed by atoms with Crippen molar-refractivity contribution in [1.29, 1.82) is 0 Å². The van der Waals surface area contributed by atoms with E-state index in [-0.39, 0.29) is 12.3 Å². The maximum atomic E-state index is 11.8. The van der Waals surface area contributed by atoms with Crippen LogP contribution in [0, 0.1) is 6.92 Å². The first-order valence-corrected chi connectivity index (χ1v) is 8.02. The highest BCUT2D eigenvalue weighted by Gasteiger charge is 2.07. The first-order chi connectivity index (χ1) is 9.02. The lowest BCUT2D eigenvalue weighted by molar-refractivity contribution is -0.115. The highest BCUT2D eigenvalue weighted by Crippen LogP contribution is 2.18. The molecule has 0 aromatic heterocycles. The number of benzene rings is 1. The molecule has 0 heterocycles. The number of hydrogen-bond donors (Lipinski definition) is 2. The molecule has 0 saturated heterocycles. The minimum Gasteiger partial charge on any atom is -0.399 e. The van der Waals surface area contributed by atoms with Crippen LogP contribution in [-0.2, 0) is 15.6 Å². The Labute approximate surface area is 117 Å². The van der Waals surface area contributed by atoms with Gasteiger partial charge in [-0.15, -0.1) is 0 Å². The molecule has 1 amide bonds. The molecule has 1 aromatic carbocycles. The first kappa shape index (κ1) is 15.7. The molecule has 0 aliphatic heterocycles. The van der Waals surface area contributed by atoms with Gasteiger partial charge in [0.1, 0.15) is 0 Å². The molecule has 1 atom stereocenters. The first-order valence-electron chi connectivity index (χ1n) is 6.54. The Kier molecular flexibility index (Phi) is 6.56. The average molecular weight is 282 g/mol. The number of amides is 1. The number of anilines is 2. The molecule has 1 rings (SSSR count). The van der Waals surface area contributed by atoms with Gasteiger partial charge in [-0.3, -0.25) is 9.00 Å². The molecule has 0 radical (unpaired) electrons. The minimum absolute atomic E-state index is 0.112. The van der Waals surface area contributed by atoms with Gasteiger partial charge in [0.25, 0.3) is 0 Å². The number of aryl methyl sites for hydroxylation is 1. The molecule has 0 saturated carbocycles. The van der Waals surface area contributed by atoms with Gasteiger partial charge < -0.3 is 11.1 Å². The van der Waals surface area contributed by atoms with Gasteiger partial charge in [0.2, 0.25) is 5.91 Å². The Bertz CT molecular complexity index is 461. The van der Waals surface area contributed by atoms with Gasteiger partial charge in [0.05, 0.1) is 0 Å². The van der Waals surface area contributed by atoms with E-state index in [0.717, 1.165) is 24.1 Å². The third kappa shape index (κ3) is 5.87. The van der Waals surface area contributed by atoms with Crippen molar-refractivity contribution in [3.63, 3.8) is 0 Å². The van der Waals surface area contributed by atoms with Crippen LogP contribution in [0.4, 0.5) is 11.4 Å². The van der Waals surface area contributed by atoms with Gasteiger partial charge in [0, 0.05) is 40.1 Å². The standard InChI is InChI=1S/C14H22N2O2S/c1-3-4-8-19(18)9-7-14(17)16-13-10-12(15)6-5-11(13)2/h5-6,10H,3-4,7-9,15H2,1-2H3,(H,16,17). The lowest BCUT2D eigenvalue weighted by atomic mass is 10.2. The molecule has 0 bridgehead atoms. The third-order valence-electron chi connectivity index (χ3n) is 2.82. The molecule has 106 valence electrons. The van der Waals surface area contributed by atoms with Crippen molar-refractivity contribution >= 4 is 28.1 Å². The van der Waals surface area contributed by atoms with E-state index in [9.17, 15) is 9.00 Å². The van der Waals surface area contributed by atoms with Crippen molar-refractivity contribution in [2.24, 2.45) is 0 Å². The van der Waals surface area contributed by atoms with Gasteiger partial charge in [-0.1, -0.05) is 19.4 Å². The van der Waals surface area contributed by atoms with E-state index in [1.165, 1.54) is 0 Å². The van der Waals surface area contributed by atoms with Crippen LogP contribution < -0.4 is 11.1 Å². The lowest BCUT2D eigenvalue weighted by Crippen LogP contribution is -2.16.